The zero-order chi connectivity index (χ0) is 13.7. The first-order valence-corrected chi connectivity index (χ1v) is 6.09. The zero-order valence-corrected chi connectivity index (χ0v) is 11.1. The van der Waals surface area contributed by atoms with Gasteiger partial charge in [-0.2, -0.15) is 0 Å². The second-order valence-corrected chi connectivity index (χ2v) is 4.36. The molecule has 0 radical (unpaired) electrons. The van der Waals surface area contributed by atoms with Crippen LogP contribution in [-0.2, 0) is 4.79 Å². The van der Waals surface area contributed by atoms with Crippen molar-refractivity contribution >= 4 is 5.97 Å². The molecule has 0 unspecified atom stereocenters. The van der Waals surface area contributed by atoms with Crippen molar-refractivity contribution in [2.45, 2.75) is 39.7 Å². The summed E-state index contributed by atoms with van der Waals surface area (Å²) in [6.07, 6.45) is -0.549. The van der Waals surface area contributed by atoms with Gasteiger partial charge in [0, 0.05) is 6.42 Å². The van der Waals surface area contributed by atoms with Crippen LogP contribution in [0.15, 0.2) is 12.1 Å². The SMILES string of the molecule is CCOc1cc(C)c([C@@H](O)CCC(=O)O)cc1C. The Morgan fingerprint density at radius 2 is 2.00 bits per heavy atom. The number of aliphatic carboxylic acids is 1. The largest absolute Gasteiger partial charge is 0.494 e. The molecule has 1 aromatic carbocycles. The second-order valence-electron chi connectivity index (χ2n) is 4.36. The molecule has 1 rings (SSSR count). The molecular weight excluding hydrogens is 232 g/mol. The molecule has 0 aromatic heterocycles. The fourth-order valence-corrected chi connectivity index (χ4v) is 1.90. The Kier molecular flexibility index (Phi) is 5.16. The first-order chi connectivity index (χ1) is 8.45. The van der Waals surface area contributed by atoms with Crippen molar-refractivity contribution in [2.24, 2.45) is 0 Å². The number of aryl methyl sites for hydroxylation is 2. The van der Waals surface area contributed by atoms with Crippen molar-refractivity contribution in [3.63, 3.8) is 0 Å². The van der Waals surface area contributed by atoms with Gasteiger partial charge in [0.05, 0.1) is 12.7 Å². The van der Waals surface area contributed by atoms with Gasteiger partial charge in [-0.15, -0.1) is 0 Å². The Morgan fingerprint density at radius 3 is 2.56 bits per heavy atom. The molecule has 2 N–H and O–H groups in total. The van der Waals surface area contributed by atoms with Gasteiger partial charge in [0.15, 0.2) is 0 Å². The smallest absolute Gasteiger partial charge is 0.303 e. The molecule has 1 atom stereocenters. The molecule has 0 spiro atoms. The Hall–Kier alpha value is -1.55. The molecule has 0 amide bonds. The normalized spacial score (nSPS) is 12.2. The number of carboxylic acids is 1. The third-order valence-electron chi connectivity index (χ3n) is 2.85. The summed E-state index contributed by atoms with van der Waals surface area (Å²) in [4.78, 5) is 10.5. The molecule has 0 aliphatic rings. The molecule has 0 saturated heterocycles. The molecule has 4 nitrogen and oxygen atoms in total. The summed E-state index contributed by atoms with van der Waals surface area (Å²) >= 11 is 0. The van der Waals surface area contributed by atoms with Crippen LogP contribution < -0.4 is 4.74 Å². The topological polar surface area (TPSA) is 66.8 Å². The van der Waals surface area contributed by atoms with E-state index >= 15 is 0 Å². The standard InChI is InChI=1S/C14H20O4/c1-4-18-13-8-9(2)11(7-10(13)3)12(15)5-6-14(16)17/h7-8,12,15H,4-6H2,1-3H3,(H,16,17)/t12-/m0/s1. The summed E-state index contributed by atoms with van der Waals surface area (Å²) in [7, 11) is 0. The third-order valence-corrected chi connectivity index (χ3v) is 2.85. The lowest BCUT2D eigenvalue weighted by atomic mass is 9.97. The van der Waals surface area contributed by atoms with Crippen molar-refractivity contribution in [1.82, 2.24) is 0 Å². The Labute approximate surface area is 107 Å². The van der Waals surface area contributed by atoms with Crippen LogP contribution in [0.25, 0.3) is 0 Å². The van der Waals surface area contributed by atoms with Crippen LogP contribution in [0.4, 0.5) is 0 Å². The fourth-order valence-electron chi connectivity index (χ4n) is 1.90. The predicted octanol–water partition coefficient (Wildman–Crippen LogP) is 2.60. The lowest BCUT2D eigenvalue weighted by Gasteiger charge is -2.16. The minimum Gasteiger partial charge on any atom is -0.494 e. The number of rotatable bonds is 6. The average molecular weight is 252 g/mol. The summed E-state index contributed by atoms with van der Waals surface area (Å²) in [5.41, 5.74) is 2.64. The molecule has 4 heteroatoms. The monoisotopic (exact) mass is 252 g/mol. The first kappa shape index (κ1) is 14.5. The summed E-state index contributed by atoms with van der Waals surface area (Å²) in [6.45, 7) is 6.32. The van der Waals surface area contributed by atoms with Gasteiger partial charge in [-0.3, -0.25) is 4.79 Å². The van der Waals surface area contributed by atoms with E-state index < -0.39 is 12.1 Å². The molecule has 0 saturated carbocycles. The van der Waals surface area contributed by atoms with Crippen molar-refractivity contribution in [2.75, 3.05) is 6.61 Å². The van der Waals surface area contributed by atoms with Crippen LogP contribution in [-0.4, -0.2) is 22.8 Å². The Balaban J connectivity index is 2.89. The summed E-state index contributed by atoms with van der Waals surface area (Å²) in [5, 5.41) is 18.6. The minimum atomic E-state index is -0.894. The summed E-state index contributed by atoms with van der Waals surface area (Å²) < 4.78 is 5.47. The van der Waals surface area contributed by atoms with Gasteiger partial charge in [-0.25, -0.2) is 0 Å². The number of carbonyl (C=O) groups is 1. The first-order valence-electron chi connectivity index (χ1n) is 6.09. The number of aliphatic hydroxyl groups is 1. The molecule has 0 aliphatic carbocycles. The Morgan fingerprint density at radius 1 is 1.33 bits per heavy atom. The fraction of sp³-hybridized carbons (Fsp3) is 0.500. The van der Waals surface area contributed by atoms with Gasteiger partial charge < -0.3 is 14.9 Å². The summed E-state index contributed by atoms with van der Waals surface area (Å²) in [5.74, 6) is -0.0847. The van der Waals surface area contributed by atoms with E-state index in [2.05, 4.69) is 0 Å². The highest BCUT2D eigenvalue weighted by Gasteiger charge is 2.14. The van der Waals surface area contributed by atoms with Gasteiger partial charge in [0.25, 0.3) is 0 Å². The minimum absolute atomic E-state index is 0.0349. The molecule has 0 bridgehead atoms. The van der Waals surface area contributed by atoms with Gasteiger partial charge in [0.1, 0.15) is 5.75 Å². The molecule has 100 valence electrons. The van der Waals surface area contributed by atoms with Crippen molar-refractivity contribution in [1.29, 1.82) is 0 Å². The van der Waals surface area contributed by atoms with Gasteiger partial charge in [-0.1, -0.05) is 0 Å². The van der Waals surface area contributed by atoms with Crippen LogP contribution >= 0.6 is 0 Å². The van der Waals surface area contributed by atoms with E-state index in [-0.39, 0.29) is 12.8 Å². The van der Waals surface area contributed by atoms with E-state index in [0.29, 0.717) is 6.61 Å². The maximum absolute atomic E-state index is 10.5. The maximum Gasteiger partial charge on any atom is 0.303 e. The molecule has 0 aliphatic heterocycles. The maximum atomic E-state index is 10.5. The van der Waals surface area contributed by atoms with Crippen LogP contribution in [0.3, 0.4) is 0 Å². The number of hydrogen-bond acceptors (Lipinski definition) is 3. The van der Waals surface area contributed by atoms with E-state index in [1.807, 2.05) is 32.9 Å². The highest BCUT2D eigenvalue weighted by Crippen LogP contribution is 2.28. The van der Waals surface area contributed by atoms with Crippen LogP contribution in [0.5, 0.6) is 5.75 Å². The van der Waals surface area contributed by atoms with E-state index in [0.717, 1.165) is 22.4 Å². The van der Waals surface area contributed by atoms with Crippen molar-refractivity contribution < 1.29 is 19.7 Å². The Bertz CT molecular complexity index is 426. The molecule has 1 aromatic rings. The molecule has 0 fully saturated rings. The lowest BCUT2D eigenvalue weighted by Crippen LogP contribution is -2.05. The number of aliphatic hydroxyl groups excluding tert-OH is 1. The van der Waals surface area contributed by atoms with Crippen LogP contribution in [0, 0.1) is 13.8 Å². The van der Waals surface area contributed by atoms with E-state index in [9.17, 15) is 9.90 Å². The van der Waals surface area contributed by atoms with Crippen LogP contribution in [0.1, 0.15) is 42.6 Å². The number of ether oxygens (including phenoxy) is 1. The number of carboxylic acid groups (broad SMARTS) is 1. The highest BCUT2D eigenvalue weighted by atomic mass is 16.5. The predicted molar refractivity (Wildman–Crippen MR) is 68.9 cm³/mol. The van der Waals surface area contributed by atoms with Gasteiger partial charge >= 0.3 is 5.97 Å². The zero-order valence-electron chi connectivity index (χ0n) is 11.1. The van der Waals surface area contributed by atoms with Crippen molar-refractivity contribution in [3.8, 4) is 5.75 Å². The average Bonchev–Trinajstić information content (AvgIpc) is 2.30. The van der Waals surface area contributed by atoms with E-state index in [4.69, 9.17) is 9.84 Å². The van der Waals surface area contributed by atoms with E-state index in [1.165, 1.54) is 0 Å². The number of benzene rings is 1. The van der Waals surface area contributed by atoms with Crippen LogP contribution in [0.2, 0.25) is 0 Å². The number of hydrogen-bond donors (Lipinski definition) is 2. The quantitative estimate of drug-likeness (QED) is 0.816. The highest BCUT2D eigenvalue weighted by molar-refractivity contribution is 5.66. The van der Waals surface area contributed by atoms with Gasteiger partial charge in [0.2, 0.25) is 0 Å². The third kappa shape index (κ3) is 3.74. The van der Waals surface area contributed by atoms with Gasteiger partial charge in [-0.05, 0) is 56.0 Å². The second kappa shape index (κ2) is 6.40. The lowest BCUT2D eigenvalue weighted by molar-refractivity contribution is -0.137. The van der Waals surface area contributed by atoms with Crippen molar-refractivity contribution in [3.05, 3.63) is 28.8 Å². The summed E-state index contributed by atoms with van der Waals surface area (Å²) in [6, 6.07) is 3.75. The molecular formula is C14H20O4. The molecule has 18 heavy (non-hydrogen) atoms. The molecule has 0 heterocycles. The van der Waals surface area contributed by atoms with E-state index in [1.54, 1.807) is 0 Å².